The van der Waals surface area contributed by atoms with Crippen molar-refractivity contribution < 1.29 is 22.8 Å². The van der Waals surface area contributed by atoms with Gasteiger partial charge in [0.25, 0.3) is 11.8 Å². The predicted octanol–water partition coefficient (Wildman–Crippen LogP) is 4.83. The predicted molar refractivity (Wildman–Crippen MR) is 135 cm³/mol. The van der Waals surface area contributed by atoms with E-state index in [2.05, 4.69) is 20.5 Å². The number of nitrogens with two attached hydrogens (primary N) is 1. The van der Waals surface area contributed by atoms with E-state index in [-0.39, 0.29) is 34.3 Å². The zero-order valence-corrected chi connectivity index (χ0v) is 20.0. The molecule has 9 nitrogen and oxygen atoms in total. The number of amides is 2. The van der Waals surface area contributed by atoms with Crippen LogP contribution in [0.3, 0.4) is 0 Å². The van der Waals surface area contributed by atoms with Crippen LogP contribution in [-0.4, -0.2) is 36.4 Å². The number of nitrogens with one attached hydrogen (secondary N) is 1. The van der Waals surface area contributed by atoms with Crippen LogP contribution in [0.4, 0.5) is 19.0 Å². The van der Waals surface area contributed by atoms with Gasteiger partial charge in [0.1, 0.15) is 11.5 Å². The number of nitrogens with zero attached hydrogens (tertiary/aromatic N) is 5. The molecule has 7 rings (SSSR count). The van der Waals surface area contributed by atoms with E-state index in [0.29, 0.717) is 33.5 Å². The molecule has 1 saturated carbocycles. The summed E-state index contributed by atoms with van der Waals surface area (Å²) in [6, 6.07) is 10.5. The van der Waals surface area contributed by atoms with Crippen molar-refractivity contribution in [2.24, 2.45) is 5.73 Å². The first kappa shape index (κ1) is 23.1. The number of hydrogen-bond donors (Lipinski definition) is 2. The van der Waals surface area contributed by atoms with E-state index in [1.807, 2.05) is 6.07 Å². The van der Waals surface area contributed by atoms with Gasteiger partial charge in [0.05, 0.1) is 40.0 Å². The second kappa shape index (κ2) is 8.00. The van der Waals surface area contributed by atoms with Gasteiger partial charge in [-0.25, -0.2) is 14.3 Å². The summed E-state index contributed by atoms with van der Waals surface area (Å²) in [6.07, 6.45) is 1.17. The average Bonchev–Trinajstić information content (AvgIpc) is 3.30. The Kier molecular flexibility index (Phi) is 4.75. The molecule has 0 atom stereocenters. The van der Waals surface area contributed by atoms with Crippen molar-refractivity contribution >= 4 is 28.4 Å². The molecule has 0 spiro atoms. The molecule has 2 aromatic carbocycles. The van der Waals surface area contributed by atoms with E-state index in [1.54, 1.807) is 16.8 Å². The number of pyridine rings is 1. The first-order valence-corrected chi connectivity index (χ1v) is 12.1. The van der Waals surface area contributed by atoms with E-state index < -0.39 is 17.6 Å². The molecule has 3 aromatic heterocycles. The number of carbonyl (C=O) groups excluding carboxylic acids is 2. The maximum atomic E-state index is 14.2. The highest BCUT2D eigenvalue weighted by molar-refractivity contribution is 6.24. The molecule has 1 aliphatic carbocycles. The van der Waals surface area contributed by atoms with Gasteiger partial charge in [-0.15, -0.1) is 0 Å². The highest BCUT2D eigenvalue weighted by atomic mass is 19.4. The number of aromatic nitrogens is 5. The van der Waals surface area contributed by atoms with Gasteiger partial charge in [-0.1, -0.05) is 18.2 Å². The Balaban J connectivity index is 1.49. The average molecular weight is 529 g/mol. The number of halogens is 3. The van der Waals surface area contributed by atoms with Crippen molar-refractivity contribution in [2.45, 2.75) is 24.9 Å². The van der Waals surface area contributed by atoms with Crippen molar-refractivity contribution in [3.05, 3.63) is 83.4 Å². The van der Waals surface area contributed by atoms with Crippen LogP contribution >= 0.6 is 0 Å². The van der Waals surface area contributed by atoms with Crippen LogP contribution in [0.1, 0.15) is 50.7 Å². The van der Waals surface area contributed by atoms with Gasteiger partial charge in [0, 0.05) is 34.6 Å². The highest BCUT2D eigenvalue weighted by Gasteiger charge is 2.38. The van der Waals surface area contributed by atoms with Crippen molar-refractivity contribution in [2.75, 3.05) is 5.32 Å². The van der Waals surface area contributed by atoms with Crippen LogP contribution in [0.25, 0.3) is 33.4 Å². The summed E-state index contributed by atoms with van der Waals surface area (Å²) in [4.78, 5) is 29.6. The second-order valence-corrected chi connectivity index (χ2v) is 9.51. The summed E-state index contributed by atoms with van der Waals surface area (Å²) < 4.78 is 45.2. The normalized spacial score (nSPS) is 14.7. The number of primary amides is 1. The first-order valence-electron chi connectivity index (χ1n) is 12.1. The van der Waals surface area contributed by atoms with E-state index >= 15 is 0 Å². The van der Waals surface area contributed by atoms with Crippen LogP contribution in [0, 0.1) is 0 Å². The molecular formula is C27H18F3N7O2. The maximum absolute atomic E-state index is 14.2. The standard InChI is InChI=1S/C27H18F3N7O2/c28-27(29,30)17-11-14(7-8-18(17)36-10-2-9-33-36)22-21(24(31)38)23(13-5-6-13)37(35-22)19-12-32-25-20-15(19)3-1-4-16(20)26(39)34-25/h1-4,7-13H,5-6H2,(H2,31,38)(H,32,34,39). The monoisotopic (exact) mass is 529 g/mol. The van der Waals surface area contributed by atoms with Crippen molar-refractivity contribution in [3.63, 3.8) is 0 Å². The van der Waals surface area contributed by atoms with Gasteiger partial charge in [-0.2, -0.15) is 23.4 Å². The minimum absolute atomic E-state index is 0.0411. The minimum Gasteiger partial charge on any atom is -0.365 e. The number of rotatable bonds is 5. The molecule has 12 heteroatoms. The van der Waals surface area contributed by atoms with Gasteiger partial charge in [-0.05, 0) is 37.1 Å². The molecule has 2 aliphatic rings. The first-order chi connectivity index (χ1) is 18.7. The SMILES string of the molecule is NC(=O)c1c(-c2ccc(-n3cccn3)c(C(F)(F)F)c2)nn(-c2cnc3c4c(cccc24)C(=O)N3)c1C1CC1. The Morgan fingerprint density at radius 2 is 1.92 bits per heavy atom. The fourth-order valence-electron chi connectivity index (χ4n) is 5.22. The van der Waals surface area contributed by atoms with Crippen LogP contribution < -0.4 is 11.1 Å². The molecule has 1 aliphatic heterocycles. The van der Waals surface area contributed by atoms with Crippen LogP contribution in [-0.2, 0) is 6.18 Å². The molecule has 39 heavy (non-hydrogen) atoms. The molecule has 0 saturated heterocycles. The van der Waals surface area contributed by atoms with Crippen molar-refractivity contribution in [1.29, 1.82) is 0 Å². The second-order valence-electron chi connectivity index (χ2n) is 9.51. The third-order valence-corrected chi connectivity index (χ3v) is 7.06. The lowest BCUT2D eigenvalue weighted by atomic mass is 10.00. The number of hydrogen-bond acceptors (Lipinski definition) is 5. The lowest BCUT2D eigenvalue weighted by Crippen LogP contribution is -2.15. The maximum Gasteiger partial charge on any atom is 0.418 e. The molecule has 3 N–H and O–H groups in total. The summed E-state index contributed by atoms with van der Waals surface area (Å²) in [5.41, 5.74) is 6.39. The zero-order chi connectivity index (χ0) is 27.1. The zero-order valence-electron chi connectivity index (χ0n) is 20.0. The summed E-state index contributed by atoms with van der Waals surface area (Å²) in [5, 5.41) is 12.6. The summed E-state index contributed by atoms with van der Waals surface area (Å²) in [5.74, 6) is -0.715. The molecule has 0 unspecified atom stereocenters. The number of anilines is 1. The Bertz CT molecular complexity index is 1840. The van der Waals surface area contributed by atoms with Gasteiger partial charge in [0.2, 0.25) is 0 Å². The van der Waals surface area contributed by atoms with E-state index in [0.717, 1.165) is 23.6 Å². The number of benzene rings is 2. The molecule has 0 bridgehead atoms. The third-order valence-electron chi connectivity index (χ3n) is 7.06. The topological polar surface area (TPSA) is 121 Å². The lowest BCUT2D eigenvalue weighted by molar-refractivity contribution is -0.137. The summed E-state index contributed by atoms with van der Waals surface area (Å²) in [7, 11) is 0. The molecule has 0 radical (unpaired) electrons. The Morgan fingerprint density at radius 1 is 1.10 bits per heavy atom. The van der Waals surface area contributed by atoms with Crippen LogP contribution in [0.15, 0.2) is 61.1 Å². The third kappa shape index (κ3) is 3.51. The van der Waals surface area contributed by atoms with Gasteiger partial charge in [0.15, 0.2) is 0 Å². The molecule has 1 fully saturated rings. The number of carbonyl (C=O) groups is 2. The molecule has 5 aromatic rings. The van der Waals surface area contributed by atoms with E-state index in [9.17, 15) is 22.8 Å². The van der Waals surface area contributed by atoms with Gasteiger partial charge >= 0.3 is 6.18 Å². The Morgan fingerprint density at radius 3 is 2.62 bits per heavy atom. The van der Waals surface area contributed by atoms with Crippen molar-refractivity contribution in [1.82, 2.24) is 24.5 Å². The largest absolute Gasteiger partial charge is 0.418 e. The smallest absolute Gasteiger partial charge is 0.365 e. The van der Waals surface area contributed by atoms with Gasteiger partial charge < -0.3 is 11.1 Å². The molecular weight excluding hydrogens is 511 g/mol. The molecule has 194 valence electrons. The molecule has 2 amide bonds. The Hall–Kier alpha value is -5.00. The van der Waals surface area contributed by atoms with Gasteiger partial charge in [-0.3, -0.25) is 9.59 Å². The summed E-state index contributed by atoms with van der Waals surface area (Å²) in [6.45, 7) is 0. The fourth-order valence-corrected chi connectivity index (χ4v) is 5.22. The molecule has 4 heterocycles. The lowest BCUT2D eigenvalue weighted by Gasteiger charge is -2.14. The highest BCUT2D eigenvalue weighted by Crippen LogP contribution is 2.46. The quantitative estimate of drug-likeness (QED) is 0.338. The van der Waals surface area contributed by atoms with Crippen LogP contribution in [0.2, 0.25) is 0 Å². The van der Waals surface area contributed by atoms with Crippen molar-refractivity contribution in [3.8, 4) is 22.6 Å². The Labute approximate surface area is 218 Å². The number of alkyl halides is 3. The van der Waals surface area contributed by atoms with E-state index in [1.165, 1.54) is 36.8 Å². The van der Waals surface area contributed by atoms with Crippen LogP contribution in [0.5, 0.6) is 0 Å². The summed E-state index contributed by atoms with van der Waals surface area (Å²) >= 11 is 0. The fraction of sp³-hybridized carbons (Fsp3) is 0.148. The minimum atomic E-state index is -4.70. The van der Waals surface area contributed by atoms with E-state index in [4.69, 9.17) is 5.73 Å².